The van der Waals surface area contributed by atoms with Gasteiger partial charge >= 0.3 is 0 Å². The van der Waals surface area contributed by atoms with Crippen molar-refractivity contribution in [1.29, 1.82) is 0 Å². The van der Waals surface area contributed by atoms with E-state index >= 15 is 0 Å². The number of nitrogen functional groups attached to an aromatic ring is 1. The van der Waals surface area contributed by atoms with Gasteiger partial charge in [-0.05, 0) is 48.5 Å². The van der Waals surface area contributed by atoms with Gasteiger partial charge in [-0.15, -0.1) is 0 Å². The summed E-state index contributed by atoms with van der Waals surface area (Å²) in [7, 11) is 0. The SMILES string of the molecule is Nc1nc(-c2cccc(NC(=O)c3cccc(Cl)c3)c2)c2cc(Cl)ccc2n1. The predicted molar refractivity (Wildman–Crippen MR) is 114 cm³/mol. The van der Waals surface area contributed by atoms with Gasteiger partial charge in [-0.2, -0.15) is 0 Å². The lowest BCUT2D eigenvalue weighted by Gasteiger charge is -2.10. The zero-order valence-corrected chi connectivity index (χ0v) is 16.0. The van der Waals surface area contributed by atoms with E-state index in [1.165, 1.54) is 0 Å². The number of benzene rings is 3. The average Bonchev–Trinajstić information content (AvgIpc) is 2.68. The summed E-state index contributed by atoms with van der Waals surface area (Å²) in [6.07, 6.45) is 0. The van der Waals surface area contributed by atoms with E-state index in [0.29, 0.717) is 32.5 Å². The molecule has 1 heterocycles. The van der Waals surface area contributed by atoms with Gasteiger partial charge in [0.1, 0.15) is 0 Å². The first-order valence-electron chi connectivity index (χ1n) is 8.40. The number of hydrogen-bond donors (Lipinski definition) is 2. The van der Waals surface area contributed by atoms with E-state index in [1.807, 2.05) is 18.2 Å². The summed E-state index contributed by atoms with van der Waals surface area (Å²) >= 11 is 12.1. The largest absolute Gasteiger partial charge is 0.368 e. The van der Waals surface area contributed by atoms with Gasteiger partial charge in [-0.3, -0.25) is 4.79 Å². The molecule has 138 valence electrons. The fraction of sp³-hybridized carbons (Fsp3) is 0. The highest BCUT2D eigenvalue weighted by atomic mass is 35.5. The lowest BCUT2D eigenvalue weighted by molar-refractivity contribution is 0.102. The number of hydrogen-bond acceptors (Lipinski definition) is 4. The van der Waals surface area contributed by atoms with Crippen LogP contribution >= 0.6 is 23.2 Å². The standard InChI is InChI=1S/C21H14Cl2N4O/c22-14-5-1-4-13(9-14)20(28)25-16-6-2-3-12(10-16)19-17-11-15(23)7-8-18(17)26-21(24)27-19/h1-11H,(H,25,28)(H2,24,26,27). The molecule has 1 aromatic heterocycles. The maximum Gasteiger partial charge on any atom is 0.255 e. The van der Waals surface area contributed by atoms with Gasteiger partial charge in [0.2, 0.25) is 5.95 Å². The molecule has 3 N–H and O–H groups in total. The normalized spacial score (nSPS) is 10.8. The third-order valence-corrected chi connectivity index (χ3v) is 4.63. The van der Waals surface area contributed by atoms with Crippen LogP contribution in [0.4, 0.5) is 11.6 Å². The number of anilines is 2. The van der Waals surface area contributed by atoms with Crippen molar-refractivity contribution in [2.75, 3.05) is 11.1 Å². The van der Waals surface area contributed by atoms with Gasteiger partial charge in [0, 0.05) is 32.2 Å². The molecular formula is C21H14Cl2N4O. The maximum atomic E-state index is 12.5. The van der Waals surface area contributed by atoms with Crippen molar-refractivity contribution in [2.45, 2.75) is 0 Å². The second-order valence-corrected chi connectivity index (χ2v) is 7.01. The lowest BCUT2D eigenvalue weighted by Crippen LogP contribution is -2.11. The minimum Gasteiger partial charge on any atom is -0.368 e. The zero-order chi connectivity index (χ0) is 19.7. The quantitative estimate of drug-likeness (QED) is 0.472. The topological polar surface area (TPSA) is 80.9 Å². The second-order valence-electron chi connectivity index (χ2n) is 6.14. The summed E-state index contributed by atoms with van der Waals surface area (Å²) in [5.41, 5.74) is 9.09. The van der Waals surface area contributed by atoms with Crippen molar-refractivity contribution >= 4 is 51.6 Å². The Labute approximate surface area is 171 Å². The van der Waals surface area contributed by atoms with Crippen LogP contribution in [-0.4, -0.2) is 15.9 Å². The summed E-state index contributed by atoms with van der Waals surface area (Å²) in [6.45, 7) is 0. The van der Waals surface area contributed by atoms with Gasteiger partial charge in [-0.1, -0.05) is 41.4 Å². The van der Waals surface area contributed by atoms with Crippen LogP contribution in [0.15, 0.2) is 66.7 Å². The Morgan fingerprint density at radius 1 is 0.893 bits per heavy atom. The predicted octanol–water partition coefficient (Wildman–Crippen LogP) is 5.44. The highest BCUT2D eigenvalue weighted by molar-refractivity contribution is 6.31. The average molecular weight is 409 g/mol. The fourth-order valence-electron chi connectivity index (χ4n) is 2.92. The number of nitrogens with two attached hydrogens (primary N) is 1. The number of amides is 1. The van der Waals surface area contributed by atoms with Crippen molar-refractivity contribution in [3.63, 3.8) is 0 Å². The van der Waals surface area contributed by atoms with Crippen molar-refractivity contribution in [2.24, 2.45) is 0 Å². The molecule has 0 bridgehead atoms. The first kappa shape index (κ1) is 18.2. The van der Waals surface area contributed by atoms with Crippen molar-refractivity contribution in [1.82, 2.24) is 9.97 Å². The summed E-state index contributed by atoms with van der Waals surface area (Å²) in [5, 5.41) is 4.73. The van der Waals surface area contributed by atoms with Gasteiger partial charge in [0.05, 0.1) is 11.2 Å². The molecule has 0 unspecified atom stereocenters. The smallest absolute Gasteiger partial charge is 0.255 e. The molecule has 3 aromatic carbocycles. The van der Waals surface area contributed by atoms with Gasteiger partial charge in [0.15, 0.2) is 0 Å². The van der Waals surface area contributed by atoms with Crippen LogP contribution in [-0.2, 0) is 0 Å². The van der Waals surface area contributed by atoms with Gasteiger partial charge < -0.3 is 11.1 Å². The monoisotopic (exact) mass is 408 g/mol. The van der Waals surface area contributed by atoms with Crippen LogP contribution in [0.25, 0.3) is 22.2 Å². The van der Waals surface area contributed by atoms with Crippen molar-refractivity contribution in [3.8, 4) is 11.3 Å². The molecule has 0 radical (unpaired) electrons. The molecule has 4 aromatic rings. The lowest BCUT2D eigenvalue weighted by atomic mass is 10.1. The van der Waals surface area contributed by atoms with Gasteiger partial charge in [-0.25, -0.2) is 9.97 Å². The summed E-state index contributed by atoms with van der Waals surface area (Å²) in [6, 6.07) is 19.4. The Balaban J connectivity index is 1.72. The van der Waals surface area contributed by atoms with E-state index in [9.17, 15) is 4.79 Å². The minimum absolute atomic E-state index is 0.165. The number of rotatable bonds is 3. The zero-order valence-electron chi connectivity index (χ0n) is 14.5. The molecular weight excluding hydrogens is 395 g/mol. The van der Waals surface area contributed by atoms with Crippen molar-refractivity contribution in [3.05, 3.63) is 82.3 Å². The van der Waals surface area contributed by atoms with E-state index in [0.717, 1.165) is 10.9 Å². The van der Waals surface area contributed by atoms with Crippen LogP contribution < -0.4 is 11.1 Å². The second kappa shape index (κ2) is 7.46. The molecule has 0 spiro atoms. The first-order chi connectivity index (χ1) is 13.5. The molecule has 1 amide bonds. The third kappa shape index (κ3) is 3.76. The molecule has 0 aliphatic rings. The van der Waals surface area contributed by atoms with Crippen LogP contribution in [0.3, 0.4) is 0 Å². The molecule has 0 aliphatic carbocycles. The molecule has 0 saturated carbocycles. The fourth-order valence-corrected chi connectivity index (χ4v) is 3.28. The van der Waals surface area contributed by atoms with Crippen LogP contribution in [0.1, 0.15) is 10.4 Å². The number of nitrogens with zero attached hydrogens (tertiary/aromatic N) is 2. The van der Waals surface area contributed by atoms with Crippen LogP contribution in [0, 0.1) is 0 Å². The Morgan fingerprint density at radius 2 is 1.68 bits per heavy atom. The molecule has 4 rings (SSSR count). The number of aromatic nitrogens is 2. The maximum absolute atomic E-state index is 12.5. The molecule has 0 aliphatic heterocycles. The molecule has 7 heteroatoms. The highest BCUT2D eigenvalue weighted by Crippen LogP contribution is 2.30. The first-order valence-corrected chi connectivity index (χ1v) is 9.15. The van der Waals surface area contributed by atoms with Crippen LogP contribution in [0.5, 0.6) is 0 Å². The van der Waals surface area contributed by atoms with Crippen LogP contribution in [0.2, 0.25) is 10.0 Å². The number of halogens is 2. The Kier molecular flexibility index (Phi) is 4.86. The van der Waals surface area contributed by atoms with Gasteiger partial charge in [0.25, 0.3) is 5.91 Å². The number of carbonyl (C=O) groups is 1. The summed E-state index contributed by atoms with van der Waals surface area (Å²) < 4.78 is 0. The van der Waals surface area contributed by atoms with E-state index in [2.05, 4.69) is 15.3 Å². The van der Waals surface area contributed by atoms with E-state index < -0.39 is 0 Å². The highest BCUT2D eigenvalue weighted by Gasteiger charge is 2.12. The Bertz CT molecular complexity index is 1210. The van der Waals surface area contributed by atoms with E-state index in [-0.39, 0.29) is 11.9 Å². The van der Waals surface area contributed by atoms with Crippen molar-refractivity contribution < 1.29 is 4.79 Å². The summed E-state index contributed by atoms with van der Waals surface area (Å²) in [4.78, 5) is 21.1. The number of nitrogens with one attached hydrogen (secondary N) is 1. The minimum atomic E-state index is -0.255. The Morgan fingerprint density at radius 3 is 2.50 bits per heavy atom. The number of carbonyl (C=O) groups excluding carboxylic acids is 1. The molecule has 5 nitrogen and oxygen atoms in total. The Hall–Kier alpha value is -3.15. The molecule has 0 fully saturated rings. The molecule has 0 atom stereocenters. The summed E-state index contributed by atoms with van der Waals surface area (Å²) in [5.74, 6) is -0.0899. The molecule has 28 heavy (non-hydrogen) atoms. The third-order valence-electron chi connectivity index (χ3n) is 4.16. The molecule has 0 saturated heterocycles. The number of fused-ring (bicyclic) bond motifs is 1. The van der Waals surface area contributed by atoms with E-state index in [1.54, 1.807) is 48.5 Å². The van der Waals surface area contributed by atoms with E-state index in [4.69, 9.17) is 28.9 Å².